The molecule has 0 spiro atoms. The van der Waals surface area contributed by atoms with Crippen LogP contribution in [0.5, 0.6) is 0 Å². The standard InChI is InChI=1S/C21H22N4O2S/c1-4-17-24-19(18-11(2)12(3)28-20(18)25-17)23-16(21(26)27)9-13-10-22-15-8-6-5-7-14(13)15/h5-8,10,16,22H,4,9H2,1-3H3,(H,26,27)(H,23,24,25). The molecule has 0 fully saturated rings. The van der Waals surface area contributed by atoms with Gasteiger partial charge in [0.1, 0.15) is 22.5 Å². The summed E-state index contributed by atoms with van der Waals surface area (Å²) in [4.78, 5) is 26.6. The fourth-order valence-corrected chi connectivity index (χ4v) is 4.49. The number of anilines is 1. The van der Waals surface area contributed by atoms with E-state index in [-0.39, 0.29) is 0 Å². The lowest BCUT2D eigenvalue weighted by atomic mass is 10.0. The summed E-state index contributed by atoms with van der Waals surface area (Å²) < 4.78 is 0. The average Bonchev–Trinajstić information content (AvgIpc) is 3.22. The number of nitrogens with one attached hydrogen (secondary N) is 2. The molecule has 1 atom stereocenters. The van der Waals surface area contributed by atoms with E-state index in [9.17, 15) is 9.90 Å². The Balaban J connectivity index is 1.73. The van der Waals surface area contributed by atoms with E-state index in [1.165, 1.54) is 4.88 Å². The minimum atomic E-state index is -0.903. The number of fused-ring (bicyclic) bond motifs is 2. The summed E-state index contributed by atoms with van der Waals surface area (Å²) in [6.45, 7) is 6.08. The molecule has 0 saturated carbocycles. The number of aryl methyl sites for hydroxylation is 3. The van der Waals surface area contributed by atoms with Crippen LogP contribution in [-0.4, -0.2) is 32.1 Å². The van der Waals surface area contributed by atoms with Gasteiger partial charge in [0, 0.05) is 34.8 Å². The van der Waals surface area contributed by atoms with E-state index in [2.05, 4.69) is 27.2 Å². The number of carboxylic acids is 1. The molecular weight excluding hydrogens is 372 g/mol. The Kier molecular flexibility index (Phi) is 4.77. The first-order valence-corrected chi connectivity index (χ1v) is 10.1. The predicted molar refractivity (Wildman–Crippen MR) is 113 cm³/mol. The molecule has 28 heavy (non-hydrogen) atoms. The third-order valence-corrected chi connectivity index (χ3v) is 6.20. The van der Waals surface area contributed by atoms with Gasteiger partial charge < -0.3 is 15.4 Å². The second-order valence-corrected chi connectivity index (χ2v) is 8.11. The SMILES string of the molecule is CCc1nc(NC(Cc2c[nH]c3ccccc23)C(=O)O)c2c(C)c(C)sc2n1. The van der Waals surface area contributed by atoms with Crippen molar-refractivity contribution in [3.63, 3.8) is 0 Å². The summed E-state index contributed by atoms with van der Waals surface area (Å²) in [5.41, 5.74) is 3.07. The number of hydrogen-bond donors (Lipinski definition) is 3. The highest BCUT2D eigenvalue weighted by molar-refractivity contribution is 7.18. The zero-order valence-electron chi connectivity index (χ0n) is 16.0. The molecule has 4 rings (SSSR count). The van der Waals surface area contributed by atoms with Crippen LogP contribution < -0.4 is 5.32 Å². The van der Waals surface area contributed by atoms with Crippen LogP contribution in [0.3, 0.4) is 0 Å². The molecule has 1 unspecified atom stereocenters. The van der Waals surface area contributed by atoms with E-state index in [0.717, 1.165) is 32.2 Å². The minimum absolute atomic E-state index is 0.356. The number of H-pyrrole nitrogens is 1. The number of aromatic amines is 1. The number of carbonyl (C=O) groups is 1. The van der Waals surface area contributed by atoms with E-state index >= 15 is 0 Å². The molecule has 7 heteroatoms. The number of para-hydroxylation sites is 1. The van der Waals surface area contributed by atoms with Crippen LogP contribution in [0.4, 0.5) is 5.82 Å². The maximum atomic E-state index is 12.0. The van der Waals surface area contributed by atoms with Crippen molar-refractivity contribution in [3.8, 4) is 0 Å². The summed E-state index contributed by atoms with van der Waals surface area (Å²) >= 11 is 1.62. The van der Waals surface area contributed by atoms with Gasteiger partial charge in [0.05, 0.1) is 5.39 Å². The molecule has 3 N–H and O–H groups in total. The van der Waals surface area contributed by atoms with Crippen LogP contribution in [0.2, 0.25) is 0 Å². The van der Waals surface area contributed by atoms with Crippen LogP contribution in [-0.2, 0) is 17.6 Å². The van der Waals surface area contributed by atoms with Crippen molar-refractivity contribution >= 4 is 44.2 Å². The van der Waals surface area contributed by atoms with Gasteiger partial charge in [-0.25, -0.2) is 14.8 Å². The molecule has 3 heterocycles. The molecule has 0 aliphatic rings. The van der Waals surface area contributed by atoms with Gasteiger partial charge in [-0.05, 0) is 31.0 Å². The van der Waals surface area contributed by atoms with Crippen LogP contribution >= 0.6 is 11.3 Å². The largest absolute Gasteiger partial charge is 0.480 e. The Bertz CT molecular complexity index is 1180. The fourth-order valence-electron chi connectivity index (χ4n) is 3.44. The first-order chi connectivity index (χ1) is 13.5. The van der Waals surface area contributed by atoms with Crippen molar-refractivity contribution in [1.29, 1.82) is 0 Å². The Hall–Kier alpha value is -2.93. The highest BCUT2D eigenvalue weighted by Gasteiger charge is 2.23. The van der Waals surface area contributed by atoms with Gasteiger partial charge in [0.2, 0.25) is 0 Å². The van der Waals surface area contributed by atoms with E-state index in [1.807, 2.05) is 44.3 Å². The lowest BCUT2D eigenvalue weighted by Gasteiger charge is -2.16. The first-order valence-electron chi connectivity index (χ1n) is 9.28. The van der Waals surface area contributed by atoms with Crippen molar-refractivity contribution in [1.82, 2.24) is 15.0 Å². The van der Waals surface area contributed by atoms with Gasteiger partial charge in [-0.2, -0.15) is 0 Å². The smallest absolute Gasteiger partial charge is 0.326 e. The maximum Gasteiger partial charge on any atom is 0.326 e. The van der Waals surface area contributed by atoms with Gasteiger partial charge in [-0.1, -0.05) is 25.1 Å². The predicted octanol–water partition coefficient (Wildman–Crippen LogP) is 4.46. The highest BCUT2D eigenvalue weighted by Crippen LogP contribution is 2.34. The fraction of sp³-hybridized carbons (Fsp3) is 0.286. The maximum absolute atomic E-state index is 12.0. The Morgan fingerprint density at radius 1 is 1.29 bits per heavy atom. The zero-order valence-corrected chi connectivity index (χ0v) is 16.9. The lowest BCUT2D eigenvalue weighted by molar-refractivity contribution is -0.137. The normalized spacial score (nSPS) is 12.5. The molecule has 0 aliphatic carbocycles. The van der Waals surface area contributed by atoms with Gasteiger partial charge in [0.15, 0.2) is 0 Å². The molecule has 0 saturated heterocycles. The molecule has 0 radical (unpaired) electrons. The van der Waals surface area contributed by atoms with E-state index in [1.54, 1.807) is 11.3 Å². The van der Waals surface area contributed by atoms with Crippen molar-refractivity contribution in [2.75, 3.05) is 5.32 Å². The van der Waals surface area contributed by atoms with Crippen molar-refractivity contribution in [2.45, 2.75) is 39.7 Å². The van der Waals surface area contributed by atoms with Gasteiger partial charge >= 0.3 is 5.97 Å². The summed E-state index contributed by atoms with van der Waals surface area (Å²) in [6.07, 6.45) is 2.94. The molecule has 0 bridgehead atoms. The highest BCUT2D eigenvalue weighted by atomic mass is 32.1. The summed E-state index contributed by atoms with van der Waals surface area (Å²) in [6, 6.07) is 7.12. The van der Waals surface area contributed by atoms with E-state index < -0.39 is 12.0 Å². The molecule has 144 valence electrons. The minimum Gasteiger partial charge on any atom is -0.480 e. The van der Waals surface area contributed by atoms with E-state index in [0.29, 0.717) is 24.5 Å². The van der Waals surface area contributed by atoms with Crippen molar-refractivity contribution in [3.05, 3.63) is 52.3 Å². The second kappa shape index (κ2) is 7.24. The number of nitrogens with zero attached hydrogens (tertiary/aromatic N) is 2. The molecule has 0 amide bonds. The van der Waals surface area contributed by atoms with Crippen LogP contribution in [0, 0.1) is 13.8 Å². The molecule has 6 nitrogen and oxygen atoms in total. The molecule has 1 aromatic carbocycles. The summed E-state index contributed by atoms with van der Waals surface area (Å²) in [5.74, 6) is 0.420. The van der Waals surface area contributed by atoms with Gasteiger partial charge in [0.25, 0.3) is 0 Å². The van der Waals surface area contributed by atoms with Gasteiger partial charge in [-0.3, -0.25) is 0 Å². The Labute approximate surface area is 166 Å². The van der Waals surface area contributed by atoms with Crippen LogP contribution in [0.25, 0.3) is 21.1 Å². The second-order valence-electron chi connectivity index (χ2n) is 6.90. The molecule has 4 aromatic rings. The number of hydrogen-bond acceptors (Lipinski definition) is 5. The Morgan fingerprint density at radius 2 is 2.07 bits per heavy atom. The Morgan fingerprint density at radius 3 is 2.82 bits per heavy atom. The monoisotopic (exact) mass is 394 g/mol. The summed E-state index contributed by atoms with van der Waals surface area (Å²) in [5, 5.41) is 15.0. The average molecular weight is 395 g/mol. The number of aromatic nitrogens is 3. The molecule has 3 aromatic heterocycles. The third kappa shape index (κ3) is 3.22. The summed E-state index contributed by atoms with van der Waals surface area (Å²) in [7, 11) is 0. The van der Waals surface area contributed by atoms with Crippen LogP contribution in [0.15, 0.2) is 30.5 Å². The number of thiophene rings is 1. The third-order valence-electron chi connectivity index (χ3n) is 5.10. The number of carboxylic acid groups (broad SMARTS) is 1. The van der Waals surface area contributed by atoms with E-state index in [4.69, 9.17) is 0 Å². The number of benzene rings is 1. The quantitative estimate of drug-likeness (QED) is 0.449. The van der Waals surface area contributed by atoms with Crippen LogP contribution in [0.1, 0.15) is 28.8 Å². The molecule has 0 aliphatic heterocycles. The topological polar surface area (TPSA) is 90.9 Å². The molecular formula is C21H22N4O2S. The number of rotatable bonds is 6. The lowest BCUT2D eigenvalue weighted by Crippen LogP contribution is -2.32. The van der Waals surface area contributed by atoms with Crippen molar-refractivity contribution < 1.29 is 9.90 Å². The first kappa shape index (κ1) is 18.4. The number of aliphatic carboxylic acids is 1. The van der Waals surface area contributed by atoms with Crippen molar-refractivity contribution in [2.24, 2.45) is 0 Å². The van der Waals surface area contributed by atoms with Gasteiger partial charge in [-0.15, -0.1) is 11.3 Å². The zero-order chi connectivity index (χ0) is 19.8.